The Morgan fingerprint density at radius 3 is 0.833 bits per heavy atom. The number of esters is 3. The van der Waals surface area contributed by atoms with Gasteiger partial charge in [-0.3, -0.25) is 14.4 Å². The minimum absolute atomic E-state index is 0.0611. The fourth-order valence-electron chi connectivity index (χ4n) is 2.08. The van der Waals surface area contributed by atoms with Crippen molar-refractivity contribution in [3.8, 4) is 0 Å². The molecule has 240 valence electrons. The van der Waals surface area contributed by atoms with Crippen molar-refractivity contribution in [2.45, 2.75) is 40.0 Å². The summed E-state index contributed by atoms with van der Waals surface area (Å²) in [5.74, 6) is -5.36. The highest BCUT2D eigenvalue weighted by atomic mass is 16.6. The summed E-state index contributed by atoms with van der Waals surface area (Å²) >= 11 is 0. The average molecular weight is 607 g/mol. The molecule has 0 aromatic carbocycles. The van der Waals surface area contributed by atoms with Crippen molar-refractivity contribution < 1.29 is 72.5 Å². The third-order valence-electron chi connectivity index (χ3n) is 3.95. The van der Waals surface area contributed by atoms with Gasteiger partial charge in [-0.05, 0) is 20.8 Å². The van der Waals surface area contributed by atoms with Crippen molar-refractivity contribution in [1.82, 2.24) is 0 Å². The average Bonchev–Trinajstić information content (AvgIpc) is 2.90. The van der Waals surface area contributed by atoms with Crippen LogP contribution in [-0.4, -0.2) is 111 Å². The van der Waals surface area contributed by atoms with Gasteiger partial charge in [-0.25, -0.2) is 14.4 Å². The Bertz CT molecular complexity index is 778. The lowest BCUT2D eigenvalue weighted by Crippen LogP contribution is -2.14. The van der Waals surface area contributed by atoms with Crippen molar-refractivity contribution in [2.24, 2.45) is 0 Å². The van der Waals surface area contributed by atoms with Gasteiger partial charge in [-0.1, -0.05) is 19.7 Å². The highest BCUT2D eigenvalue weighted by Gasteiger charge is 2.13. The van der Waals surface area contributed by atoms with E-state index < -0.39 is 55.1 Å². The number of rotatable bonds is 21. The molecule has 0 aliphatic carbocycles. The van der Waals surface area contributed by atoms with E-state index in [9.17, 15) is 28.8 Å². The van der Waals surface area contributed by atoms with E-state index in [1.54, 1.807) is 0 Å². The second-order valence-corrected chi connectivity index (χ2v) is 7.52. The molecule has 0 bridgehead atoms. The first-order valence-corrected chi connectivity index (χ1v) is 12.7. The van der Waals surface area contributed by atoms with Gasteiger partial charge in [-0.15, -0.1) is 0 Å². The molecule has 3 N–H and O–H groups in total. The predicted octanol–water partition coefficient (Wildman–Crippen LogP) is 1.79. The normalized spacial score (nSPS) is 9.50. The van der Waals surface area contributed by atoms with E-state index >= 15 is 0 Å². The van der Waals surface area contributed by atoms with E-state index in [1.807, 2.05) is 20.8 Å². The van der Waals surface area contributed by atoms with Gasteiger partial charge in [0.15, 0.2) is 0 Å². The van der Waals surface area contributed by atoms with Crippen molar-refractivity contribution in [1.29, 1.82) is 0 Å². The Kier molecular flexibility index (Phi) is 28.7. The van der Waals surface area contributed by atoms with Gasteiger partial charge < -0.3 is 43.7 Å². The second-order valence-electron chi connectivity index (χ2n) is 7.52. The van der Waals surface area contributed by atoms with Gasteiger partial charge in [0.1, 0.15) is 19.8 Å². The fraction of sp³-hybridized carbons (Fsp3) is 0.556. The maximum Gasteiger partial charge on any atom is 0.334 e. The summed E-state index contributed by atoms with van der Waals surface area (Å²) in [6.07, 6.45) is -1.19. The quantitative estimate of drug-likeness (QED) is 0.0734. The smallest absolute Gasteiger partial charge is 0.334 e. The van der Waals surface area contributed by atoms with Crippen LogP contribution in [0, 0.1) is 0 Å². The van der Waals surface area contributed by atoms with Gasteiger partial charge in [0, 0.05) is 36.5 Å². The molecule has 0 spiro atoms. The first kappa shape index (κ1) is 42.4. The monoisotopic (exact) mass is 606 g/mol. The van der Waals surface area contributed by atoms with Crippen molar-refractivity contribution in [3.63, 3.8) is 0 Å². The van der Waals surface area contributed by atoms with Crippen LogP contribution in [0.3, 0.4) is 0 Å². The molecule has 15 nitrogen and oxygen atoms in total. The highest BCUT2D eigenvalue weighted by molar-refractivity contribution is 5.93. The Morgan fingerprint density at radius 1 is 0.452 bits per heavy atom. The van der Waals surface area contributed by atoms with Crippen molar-refractivity contribution >= 4 is 35.8 Å². The maximum absolute atomic E-state index is 11.0. The Labute approximate surface area is 244 Å². The summed E-state index contributed by atoms with van der Waals surface area (Å²) in [6.45, 7) is 18.3. The molecule has 0 aromatic heterocycles. The third kappa shape index (κ3) is 30.5. The summed E-state index contributed by atoms with van der Waals surface area (Å²) < 4.78 is 28.8. The predicted molar refractivity (Wildman–Crippen MR) is 147 cm³/mol. The highest BCUT2D eigenvalue weighted by Crippen LogP contribution is 2.02. The molecule has 15 heteroatoms. The number of hydrogen-bond acceptors (Lipinski definition) is 12. The molecular weight excluding hydrogens is 564 g/mol. The molecule has 0 aliphatic rings. The molecule has 0 amide bonds. The van der Waals surface area contributed by atoms with Crippen LogP contribution < -0.4 is 0 Å². The third-order valence-corrected chi connectivity index (χ3v) is 3.95. The molecule has 0 heterocycles. The van der Waals surface area contributed by atoms with Crippen LogP contribution in [0.4, 0.5) is 0 Å². The van der Waals surface area contributed by atoms with Gasteiger partial charge >= 0.3 is 35.8 Å². The summed E-state index contributed by atoms with van der Waals surface area (Å²) in [5.41, 5.74) is -0.183. The molecule has 0 aliphatic heterocycles. The van der Waals surface area contributed by atoms with Crippen LogP contribution in [0.1, 0.15) is 40.0 Å². The van der Waals surface area contributed by atoms with Crippen LogP contribution in [0.2, 0.25) is 0 Å². The van der Waals surface area contributed by atoms with Crippen LogP contribution in [0.5, 0.6) is 0 Å². The summed E-state index contributed by atoms with van der Waals surface area (Å²) in [7, 11) is 0. The molecule has 0 unspecified atom stereocenters. The molecule has 0 radical (unpaired) electrons. The van der Waals surface area contributed by atoms with Crippen LogP contribution in [0.15, 0.2) is 36.5 Å². The Balaban J connectivity index is -0.000000543. The molecule has 0 saturated carbocycles. The summed E-state index contributed by atoms with van der Waals surface area (Å²) in [5, 5.41) is 25.0. The number of carboxylic acid groups (broad SMARTS) is 3. The number of aliphatic carboxylic acids is 3. The van der Waals surface area contributed by atoms with Crippen molar-refractivity contribution in [3.05, 3.63) is 36.5 Å². The van der Waals surface area contributed by atoms with Crippen LogP contribution >= 0.6 is 0 Å². The molecule has 0 rings (SSSR count). The zero-order valence-corrected chi connectivity index (χ0v) is 24.3. The largest absolute Gasteiger partial charge is 0.481 e. The van der Waals surface area contributed by atoms with E-state index in [1.165, 1.54) is 0 Å². The first-order chi connectivity index (χ1) is 19.7. The number of carbonyl (C=O) groups is 6. The molecule has 42 heavy (non-hydrogen) atoms. The SMILES string of the molecule is C=C(CC(=O)O)C(=O)OCCOCC.C=C(CC(=O)O)C(=O)OCCOCC.C=C(CC(=O)O)C(=O)OCCOCC. The zero-order valence-electron chi connectivity index (χ0n) is 24.3. The number of carboxylic acids is 3. The lowest BCUT2D eigenvalue weighted by molar-refractivity contribution is -0.143. The second kappa shape index (κ2) is 28.4. The minimum Gasteiger partial charge on any atom is -0.481 e. The van der Waals surface area contributed by atoms with Gasteiger partial charge in [0.25, 0.3) is 0 Å². The van der Waals surface area contributed by atoms with Crippen LogP contribution in [0.25, 0.3) is 0 Å². The Hall–Kier alpha value is -4.08. The number of carbonyl (C=O) groups excluding carboxylic acids is 3. The molecule has 0 fully saturated rings. The van der Waals surface area contributed by atoms with E-state index in [0.717, 1.165) is 0 Å². The van der Waals surface area contributed by atoms with Gasteiger partial charge in [0.05, 0.1) is 39.1 Å². The topological polar surface area (TPSA) is 218 Å². The molecule has 0 aromatic rings. The zero-order chi connectivity index (χ0) is 32.9. The number of ether oxygens (including phenoxy) is 6. The number of hydrogen-bond donors (Lipinski definition) is 3. The standard InChI is InChI=1S/3C9H14O5/c3*1-3-13-4-5-14-9(12)7(2)6-8(10)11/h3*2-6H2,1H3,(H,10,11). The summed E-state index contributed by atoms with van der Waals surface area (Å²) in [4.78, 5) is 63.6. The Morgan fingerprint density at radius 2 is 0.667 bits per heavy atom. The van der Waals surface area contributed by atoms with Crippen LogP contribution in [-0.2, 0) is 57.2 Å². The molecule has 0 saturated heterocycles. The fourth-order valence-corrected chi connectivity index (χ4v) is 2.08. The molecular formula is C27H42O15. The van der Waals surface area contributed by atoms with Gasteiger partial charge in [0.2, 0.25) is 0 Å². The summed E-state index contributed by atoms with van der Waals surface area (Å²) in [6, 6.07) is 0. The lowest BCUT2D eigenvalue weighted by atomic mass is 10.2. The van der Waals surface area contributed by atoms with E-state index in [2.05, 4.69) is 33.9 Å². The van der Waals surface area contributed by atoms with E-state index in [0.29, 0.717) is 39.6 Å². The molecule has 0 atom stereocenters. The first-order valence-electron chi connectivity index (χ1n) is 12.7. The lowest BCUT2D eigenvalue weighted by Gasteiger charge is -2.05. The maximum atomic E-state index is 11.0. The van der Waals surface area contributed by atoms with Crippen molar-refractivity contribution in [2.75, 3.05) is 59.5 Å². The van der Waals surface area contributed by atoms with E-state index in [-0.39, 0.29) is 36.5 Å². The minimum atomic E-state index is -1.10. The van der Waals surface area contributed by atoms with E-state index in [4.69, 9.17) is 29.5 Å². The van der Waals surface area contributed by atoms with Gasteiger partial charge in [-0.2, -0.15) is 0 Å².